The van der Waals surface area contributed by atoms with E-state index in [-0.39, 0.29) is 6.79 Å². The summed E-state index contributed by atoms with van der Waals surface area (Å²) < 4.78 is 16.3. The second kappa shape index (κ2) is 5.57. The molecule has 0 amide bonds. The van der Waals surface area contributed by atoms with Gasteiger partial charge in [0.2, 0.25) is 6.79 Å². The minimum absolute atomic E-state index is 0.257. The molecule has 2 heterocycles. The van der Waals surface area contributed by atoms with Gasteiger partial charge in [0, 0.05) is 18.7 Å². The molecule has 0 unspecified atom stereocenters. The number of nitrogens with two attached hydrogens (primary N) is 1. The summed E-state index contributed by atoms with van der Waals surface area (Å²) in [6.07, 6.45) is 3.68. The third kappa shape index (κ3) is 2.87. The Labute approximate surface area is 113 Å². The Morgan fingerprint density at radius 2 is 1.89 bits per heavy atom. The Morgan fingerprint density at radius 3 is 2.68 bits per heavy atom. The van der Waals surface area contributed by atoms with Gasteiger partial charge in [-0.15, -0.1) is 0 Å². The topological polar surface area (TPSA) is 57.0 Å². The van der Waals surface area contributed by atoms with Gasteiger partial charge in [0.25, 0.3) is 0 Å². The first kappa shape index (κ1) is 12.4. The largest absolute Gasteiger partial charge is 0.491 e. The van der Waals surface area contributed by atoms with E-state index in [0.29, 0.717) is 29.5 Å². The molecule has 1 fully saturated rings. The molecule has 104 valence electrons. The van der Waals surface area contributed by atoms with Crippen molar-refractivity contribution in [1.82, 2.24) is 4.90 Å². The van der Waals surface area contributed by atoms with Crippen LogP contribution < -0.4 is 19.9 Å². The van der Waals surface area contributed by atoms with Crippen LogP contribution in [0.4, 0.5) is 5.69 Å². The molecule has 5 heteroatoms. The highest BCUT2D eigenvalue weighted by atomic mass is 16.7. The third-order valence-corrected chi connectivity index (χ3v) is 3.58. The highest BCUT2D eigenvalue weighted by Crippen LogP contribution is 2.39. The summed E-state index contributed by atoms with van der Waals surface area (Å²) in [6.45, 7) is 4.50. The van der Waals surface area contributed by atoms with Gasteiger partial charge in [-0.2, -0.15) is 0 Å². The number of rotatable bonds is 5. The number of anilines is 1. The van der Waals surface area contributed by atoms with Crippen LogP contribution in [0.15, 0.2) is 12.1 Å². The van der Waals surface area contributed by atoms with Crippen LogP contribution in [0, 0.1) is 0 Å². The molecule has 1 saturated heterocycles. The Balaban J connectivity index is 1.49. The first-order chi connectivity index (χ1) is 9.33. The van der Waals surface area contributed by atoms with Crippen LogP contribution in [0.5, 0.6) is 17.2 Å². The first-order valence-corrected chi connectivity index (χ1v) is 6.87. The van der Waals surface area contributed by atoms with Gasteiger partial charge in [-0.25, -0.2) is 0 Å². The summed E-state index contributed by atoms with van der Waals surface area (Å²) in [5.41, 5.74) is 6.53. The summed E-state index contributed by atoms with van der Waals surface area (Å²) in [6, 6.07) is 3.58. The molecule has 1 aromatic rings. The van der Waals surface area contributed by atoms with Crippen molar-refractivity contribution >= 4 is 5.69 Å². The van der Waals surface area contributed by atoms with E-state index in [0.717, 1.165) is 13.0 Å². The fraction of sp³-hybridized carbons (Fsp3) is 0.571. The maximum absolute atomic E-state index is 5.93. The normalized spacial score (nSPS) is 17.9. The molecular weight excluding hydrogens is 244 g/mol. The van der Waals surface area contributed by atoms with Gasteiger partial charge >= 0.3 is 0 Å². The zero-order valence-electron chi connectivity index (χ0n) is 11.1. The smallest absolute Gasteiger partial charge is 0.231 e. The van der Waals surface area contributed by atoms with Gasteiger partial charge in [-0.1, -0.05) is 0 Å². The lowest BCUT2D eigenvalue weighted by molar-refractivity contribution is 0.173. The number of benzene rings is 1. The molecule has 0 radical (unpaired) electrons. The summed E-state index contributed by atoms with van der Waals surface area (Å²) in [5, 5.41) is 0. The monoisotopic (exact) mass is 264 g/mol. The Hall–Kier alpha value is -1.62. The zero-order chi connectivity index (χ0) is 13.1. The Bertz CT molecular complexity index is 445. The van der Waals surface area contributed by atoms with Crippen LogP contribution >= 0.6 is 0 Å². The summed E-state index contributed by atoms with van der Waals surface area (Å²) in [4.78, 5) is 2.48. The molecule has 2 N–H and O–H groups in total. The van der Waals surface area contributed by atoms with E-state index in [9.17, 15) is 0 Å². The van der Waals surface area contributed by atoms with Crippen molar-refractivity contribution in [3.05, 3.63) is 12.1 Å². The average molecular weight is 264 g/mol. The fourth-order valence-electron chi connectivity index (χ4n) is 2.54. The van der Waals surface area contributed by atoms with Crippen LogP contribution in [0.1, 0.15) is 19.3 Å². The van der Waals surface area contributed by atoms with E-state index < -0.39 is 0 Å². The van der Waals surface area contributed by atoms with Gasteiger partial charge < -0.3 is 24.8 Å². The molecule has 3 rings (SSSR count). The van der Waals surface area contributed by atoms with E-state index in [2.05, 4.69) is 4.90 Å². The average Bonchev–Trinajstić information content (AvgIpc) is 3.05. The Kier molecular flexibility index (Phi) is 3.64. The molecular formula is C14H20N2O3. The summed E-state index contributed by atoms with van der Waals surface area (Å²) in [7, 11) is 0. The van der Waals surface area contributed by atoms with Crippen molar-refractivity contribution < 1.29 is 14.2 Å². The van der Waals surface area contributed by atoms with Crippen molar-refractivity contribution in [2.45, 2.75) is 19.3 Å². The van der Waals surface area contributed by atoms with E-state index in [4.69, 9.17) is 19.9 Å². The predicted molar refractivity (Wildman–Crippen MR) is 72.8 cm³/mol. The fourth-order valence-corrected chi connectivity index (χ4v) is 2.54. The van der Waals surface area contributed by atoms with Crippen LogP contribution in [0.25, 0.3) is 0 Å². The molecule has 5 nitrogen and oxygen atoms in total. The van der Waals surface area contributed by atoms with Crippen LogP contribution in [-0.2, 0) is 0 Å². The second-order valence-corrected chi connectivity index (χ2v) is 4.99. The number of nitrogens with zero attached hydrogens (tertiary/aromatic N) is 1. The highest BCUT2D eigenvalue weighted by Gasteiger charge is 2.17. The van der Waals surface area contributed by atoms with E-state index in [1.807, 2.05) is 6.07 Å². The summed E-state index contributed by atoms with van der Waals surface area (Å²) in [5.74, 6) is 2.09. The first-order valence-electron chi connectivity index (χ1n) is 6.87. The lowest BCUT2D eigenvalue weighted by Crippen LogP contribution is -2.22. The molecule has 0 atom stereocenters. The highest BCUT2D eigenvalue weighted by molar-refractivity contribution is 5.62. The van der Waals surface area contributed by atoms with Gasteiger partial charge in [0.1, 0.15) is 5.75 Å². The minimum Gasteiger partial charge on any atom is -0.491 e. The van der Waals surface area contributed by atoms with E-state index in [1.165, 1.54) is 25.9 Å². The number of hydrogen-bond acceptors (Lipinski definition) is 5. The maximum Gasteiger partial charge on any atom is 0.231 e. The number of likely N-dealkylation sites (tertiary alicyclic amines) is 1. The molecule has 0 bridgehead atoms. The van der Waals surface area contributed by atoms with Gasteiger partial charge in [-0.3, -0.25) is 0 Å². The predicted octanol–water partition coefficient (Wildman–Crippen LogP) is 1.86. The maximum atomic E-state index is 5.93. The summed E-state index contributed by atoms with van der Waals surface area (Å²) >= 11 is 0. The lowest BCUT2D eigenvalue weighted by Gasteiger charge is -2.15. The molecule has 0 spiro atoms. The molecule has 2 aliphatic heterocycles. The number of nitrogen functional groups attached to an aromatic ring is 1. The standard InChI is InChI=1S/C14H20N2O3/c15-11-8-13-14(19-10-18-13)9-12(11)17-7-3-6-16-4-1-2-5-16/h8-9H,1-7,10,15H2. The lowest BCUT2D eigenvalue weighted by atomic mass is 10.2. The number of ether oxygens (including phenoxy) is 3. The quantitative estimate of drug-likeness (QED) is 0.650. The molecule has 1 aromatic carbocycles. The van der Waals surface area contributed by atoms with Crippen LogP contribution in [-0.4, -0.2) is 37.9 Å². The van der Waals surface area contributed by atoms with Gasteiger partial charge in [0.05, 0.1) is 12.3 Å². The van der Waals surface area contributed by atoms with E-state index in [1.54, 1.807) is 6.07 Å². The van der Waals surface area contributed by atoms with Gasteiger partial charge in [-0.05, 0) is 32.4 Å². The molecule has 0 aliphatic carbocycles. The van der Waals surface area contributed by atoms with E-state index >= 15 is 0 Å². The number of fused-ring (bicyclic) bond motifs is 1. The molecule has 0 saturated carbocycles. The molecule has 2 aliphatic rings. The van der Waals surface area contributed by atoms with Gasteiger partial charge in [0.15, 0.2) is 11.5 Å². The molecule has 19 heavy (non-hydrogen) atoms. The number of hydrogen-bond donors (Lipinski definition) is 1. The van der Waals surface area contributed by atoms with Crippen LogP contribution in [0.3, 0.4) is 0 Å². The van der Waals surface area contributed by atoms with Crippen LogP contribution in [0.2, 0.25) is 0 Å². The van der Waals surface area contributed by atoms with Crippen molar-refractivity contribution in [3.8, 4) is 17.2 Å². The van der Waals surface area contributed by atoms with Crippen molar-refractivity contribution in [3.63, 3.8) is 0 Å². The van der Waals surface area contributed by atoms with Crippen molar-refractivity contribution in [2.75, 3.05) is 38.8 Å². The van der Waals surface area contributed by atoms with Crippen molar-refractivity contribution in [2.24, 2.45) is 0 Å². The Morgan fingerprint density at radius 1 is 1.16 bits per heavy atom. The zero-order valence-corrected chi connectivity index (χ0v) is 11.1. The molecule has 0 aromatic heterocycles. The van der Waals surface area contributed by atoms with Crippen molar-refractivity contribution in [1.29, 1.82) is 0 Å². The minimum atomic E-state index is 0.257. The second-order valence-electron chi connectivity index (χ2n) is 4.99. The SMILES string of the molecule is Nc1cc2c(cc1OCCCN1CCCC1)OCO2. The third-order valence-electron chi connectivity index (χ3n) is 3.58.